The Kier molecular flexibility index (Phi) is 3.14. The second-order valence-electron chi connectivity index (χ2n) is 6.03. The molecule has 0 bridgehead atoms. The number of hydrogen-bond donors (Lipinski definition) is 0. The smallest absolute Gasteiger partial charge is 0.161 e. The fraction of sp³-hybridized carbons (Fsp3) is 0.462. The van der Waals surface area contributed by atoms with E-state index in [1.54, 1.807) is 0 Å². The monoisotopic (exact) mass is 358 g/mol. The van der Waals surface area contributed by atoms with Gasteiger partial charge in [-0.25, -0.2) is 4.98 Å². The van der Waals surface area contributed by atoms with Crippen molar-refractivity contribution < 1.29 is 0 Å². The molecular weight excluding hydrogens is 339 g/mol. The Morgan fingerprint density at radius 1 is 1.24 bits per heavy atom. The van der Waals surface area contributed by atoms with E-state index in [0.29, 0.717) is 5.04 Å². The number of nitrogens with zero attached hydrogens (tertiary/aromatic N) is 2. The molecule has 0 aliphatic rings. The highest BCUT2D eigenvalue weighted by Crippen LogP contribution is 2.39. The molecule has 2 aromatic rings. The molecular formula is C13H19IN2Si. The van der Waals surface area contributed by atoms with Gasteiger partial charge in [-0.2, -0.15) is 0 Å². The molecule has 92 valence electrons. The van der Waals surface area contributed by atoms with E-state index >= 15 is 0 Å². The third-order valence-electron chi connectivity index (χ3n) is 4.01. The van der Waals surface area contributed by atoms with Gasteiger partial charge in [-0.1, -0.05) is 33.9 Å². The molecule has 0 atom stereocenters. The predicted octanol–water partition coefficient (Wildman–Crippen LogP) is 4.49. The summed E-state index contributed by atoms with van der Waals surface area (Å²) in [6, 6.07) is 4.34. The van der Waals surface area contributed by atoms with Crippen molar-refractivity contribution in [2.24, 2.45) is 0 Å². The molecule has 0 saturated heterocycles. The molecule has 0 saturated carbocycles. The lowest BCUT2D eigenvalue weighted by Crippen LogP contribution is -2.44. The quantitative estimate of drug-likeness (QED) is 0.417. The van der Waals surface area contributed by atoms with Crippen LogP contribution in [0.2, 0.25) is 18.1 Å². The summed E-state index contributed by atoms with van der Waals surface area (Å²) in [6.07, 6.45) is 4.15. The summed E-state index contributed by atoms with van der Waals surface area (Å²) in [6.45, 7) is 11.9. The number of fused-ring (bicyclic) bond motifs is 1. The highest BCUT2D eigenvalue weighted by Gasteiger charge is 2.38. The molecule has 0 amide bonds. The van der Waals surface area contributed by atoms with Crippen molar-refractivity contribution in [2.45, 2.75) is 38.9 Å². The summed E-state index contributed by atoms with van der Waals surface area (Å²) >= 11 is 2.31. The topological polar surface area (TPSA) is 17.8 Å². The van der Waals surface area contributed by atoms with Crippen LogP contribution < -0.4 is 0 Å². The number of pyridine rings is 1. The number of halogens is 1. The van der Waals surface area contributed by atoms with Gasteiger partial charge in [-0.15, -0.1) is 0 Å². The van der Waals surface area contributed by atoms with E-state index in [0.717, 1.165) is 3.70 Å². The van der Waals surface area contributed by atoms with Crippen LogP contribution in [-0.4, -0.2) is 17.5 Å². The maximum Gasteiger partial charge on any atom is 0.161 e. The summed E-state index contributed by atoms with van der Waals surface area (Å²) in [5, 5.41) is 1.62. The Hall–Kier alpha value is -0.363. The summed E-state index contributed by atoms with van der Waals surface area (Å²) in [4.78, 5) is 4.35. The number of rotatable bonds is 1. The Bertz CT molecular complexity index is 552. The SMILES string of the molecule is CC(C)(C)[Si](C)(C)n1ccc2c(I)nccc21. The highest BCUT2D eigenvalue weighted by atomic mass is 127. The summed E-state index contributed by atoms with van der Waals surface area (Å²) in [5.41, 5.74) is 1.33. The molecule has 2 heterocycles. The third-order valence-corrected chi connectivity index (χ3v) is 10.1. The van der Waals surface area contributed by atoms with Gasteiger partial charge >= 0.3 is 0 Å². The van der Waals surface area contributed by atoms with Crippen LogP contribution in [0.3, 0.4) is 0 Å². The van der Waals surface area contributed by atoms with Crippen molar-refractivity contribution in [1.29, 1.82) is 0 Å². The number of aromatic nitrogens is 2. The van der Waals surface area contributed by atoms with Crippen LogP contribution in [0, 0.1) is 3.70 Å². The molecule has 2 rings (SSSR count). The van der Waals surface area contributed by atoms with Gasteiger partial charge in [0.15, 0.2) is 8.24 Å². The standard InChI is InChI=1S/C13H19IN2Si/c1-13(2,3)17(4,5)16-9-7-10-11(16)6-8-15-12(10)14/h6-9H,1-5H3. The Morgan fingerprint density at radius 3 is 2.47 bits per heavy atom. The molecule has 0 N–H and O–H groups in total. The normalized spacial score (nSPS) is 13.3. The van der Waals surface area contributed by atoms with Gasteiger partial charge in [0.2, 0.25) is 0 Å². The zero-order chi connectivity index (χ0) is 12.8. The lowest BCUT2D eigenvalue weighted by Gasteiger charge is -2.38. The third kappa shape index (κ3) is 2.05. The lowest BCUT2D eigenvalue weighted by atomic mass is 10.2. The van der Waals surface area contributed by atoms with E-state index in [4.69, 9.17) is 0 Å². The maximum absolute atomic E-state index is 4.35. The minimum absolute atomic E-state index is 0.341. The molecule has 0 unspecified atom stereocenters. The van der Waals surface area contributed by atoms with Crippen molar-refractivity contribution in [1.82, 2.24) is 9.22 Å². The largest absolute Gasteiger partial charge is 0.374 e. The van der Waals surface area contributed by atoms with Crippen molar-refractivity contribution in [3.05, 3.63) is 28.2 Å². The van der Waals surface area contributed by atoms with Gasteiger partial charge in [0.05, 0.1) is 0 Å². The second-order valence-corrected chi connectivity index (χ2v) is 12.2. The zero-order valence-electron chi connectivity index (χ0n) is 11.1. The first-order valence-corrected chi connectivity index (χ1v) is 9.90. The Labute approximate surface area is 118 Å². The van der Waals surface area contributed by atoms with E-state index in [2.05, 4.69) is 84.0 Å². The summed E-state index contributed by atoms with van der Waals surface area (Å²) < 4.78 is 3.60. The van der Waals surface area contributed by atoms with E-state index < -0.39 is 8.24 Å². The molecule has 0 aliphatic carbocycles. The second kappa shape index (κ2) is 4.09. The fourth-order valence-electron chi connectivity index (χ4n) is 1.88. The molecule has 0 spiro atoms. The van der Waals surface area contributed by atoms with Gasteiger partial charge in [0, 0.05) is 17.1 Å². The summed E-state index contributed by atoms with van der Waals surface area (Å²) in [5.74, 6) is 0. The molecule has 17 heavy (non-hydrogen) atoms. The van der Waals surface area contributed by atoms with Gasteiger partial charge in [-0.3, -0.25) is 0 Å². The van der Waals surface area contributed by atoms with Crippen LogP contribution in [0.15, 0.2) is 24.5 Å². The Morgan fingerprint density at radius 2 is 1.88 bits per heavy atom. The molecule has 2 nitrogen and oxygen atoms in total. The van der Waals surface area contributed by atoms with Crippen LogP contribution in [0.1, 0.15) is 20.8 Å². The molecule has 0 fully saturated rings. The van der Waals surface area contributed by atoms with Crippen LogP contribution in [0.25, 0.3) is 10.9 Å². The minimum atomic E-state index is -1.53. The van der Waals surface area contributed by atoms with E-state index in [1.165, 1.54) is 10.9 Å². The van der Waals surface area contributed by atoms with Crippen LogP contribution in [-0.2, 0) is 0 Å². The molecule has 2 aromatic heterocycles. The fourth-order valence-corrected chi connectivity index (χ4v) is 4.46. The van der Waals surface area contributed by atoms with Crippen molar-refractivity contribution in [3.63, 3.8) is 0 Å². The van der Waals surface area contributed by atoms with E-state index in [-0.39, 0.29) is 0 Å². The highest BCUT2D eigenvalue weighted by molar-refractivity contribution is 14.1. The Balaban J connectivity index is 2.69. The average Bonchev–Trinajstić information content (AvgIpc) is 2.61. The van der Waals surface area contributed by atoms with E-state index in [1.807, 2.05) is 6.20 Å². The van der Waals surface area contributed by atoms with Crippen LogP contribution >= 0.6 is 22.6 Å². The molecule has 0 aromatic carbocycles. The van der Waals surface area contributed by atoms with E-state index in [9.17, 15) is 0 Å². The first-order chi connectivity index (χ1) is 7.75. The number of hydrogen-bond acceptors (Lipinski definition) is 1. The first kappa shape index (κ1) is 13.1. The molecule has 4 heteroatoms. The van der Waals surface area contributed by atoms with Crippen molar-refractivity contribution >= 4 is 41.7 Å². The van der Waals surface area contributed by atoms with Crippen molar-refractivity contribution in [3.8, 4) is 0 Å². The summed E-state index contributed by atoms with van der Waals surface area (Å²) in [7, 11) is -1.53. The predicted molar refractivity (Wildman–Crippen MR) is 85.0 cm³/mol. The minimum Gasteiger partial charge on any atom is -0.374 e. The average molecular weight is 358 g/mol. The maximum atomic E-state index is 4.35. The van der Waals surface area contributed by atoms with Gasteiger partial charge in [0.1, 0.15) is 3.70 Å². The molecule has 0 radical (unpaired) electrons. The zero-order valence-corrected chi connectivity index (χ0v) is 14.2. The lowest BCUT2D eigenvalue weighted by molar-refractivity contribution is 0.703. The molecule has 0 aliphatic heterocycles. The van der Waals surface area contributed by atoms with Gasteiger partial charge < -0.3 is 4.23 Å². The van der Waals surface area contributed by atoms with Crippen LogP contribution in [0.4, 0.5) is 0 Å². The van der Waals surface area contributed by atoms with Crippen molar-refractivity contribution in [2.75, 3.05) is 0 Å². The first-order valence-electron chi connectivity index (χ1n) is 5.87. The van der Waals surface area contributed by atoms with Gasteiger partial charge in [0.25, 0.3) is 0 Å². The van der Waals surface area contributed by atoms with Gasteiger partial charge in [-0.05, 0) is 46.0 Å². The van der Waals surface area contributed by atoms with Crippen LogP contribution in [0.5, 0.6) is 0 Å².